The number of hydrogen-bond donors (Lipinski definition) is 1. The average Bonchev–Trinajstić information content (AvgIpc) is 3.12. The predicted molar refractivity (Wildman–Crippen MR) is 120 cm³/mol. The second kappa shape index (κ2) is 11.1. The van der Waals surface area contributed by atoms with Crippen LogP contribution in [0.3, 0.4) is 0 Å². The lowest BCUT2D eigenvalue weighted by atomic mass is 10.1. The first-order chi connectivity index (χ1) is 12.6. The van der Waals surface area contributed by atoms with Crippen LogP contribution in [0.4, 0.5) is 0 Å². The first-order valence-electron chi connectivity index (χ1n) is 10.2. The molecule has 1 N–H and O–H groups in total. The van der Waals surface area contributed by atoms with Gasteiger partial charge in [0.2, 0.25) is 0 Å². The van der Waals surface area contributed by atoms with Gasteiger partial charge in [-0.3, -0.25) is 14.8 Å². The van der Waals surface area contributed by atoms with E-state index >= 15 is 0 Å². The Balaban J connectivity index is 0.00000261. The van der Waals surface area contributed by atoms with E-state index in [1.807, 2.05) is 7.05 Å². The molecule has 0 aromatic heterocycles. The fourth-order valence-electron chi connectivity index (χ4n) is 4.20. The number of piperazine rings is 1. The van der Waals surface area contributed by atoms with E-state index in [-0.39, 0.29) is 29.6 Å². The van der Waals surface area contributed by atoms with Gasteiger partial charge in [-0.1, -0.05) is 0 Å². The van der Waals surface area contributed by atoms with Crippen LogP contribution in [0.1, 0.15) is 20.3 Å². The second-order valence-electron chi connectivity index (χ2n) is 8.38. The summed E-state index contributed by atoms with van der Waals surface area (Å²) in [5, 5.41) is 3.56. The van der Waals surface area contributed by atoms with Gasteiger partial charge in [0, 0.05) is 72.6 Å². The van der Waals surface area contributed by atoms with E-state index in [1.165, 1.54) is 13.0 Å². The van der Waals surface area contributed by atoms with Crippen molar-refractivity contribution in [1.82, 2.24) is 20.0 Å². The van der Waals surface area contributed by atoms with Gasteiger partial charge in [-0.25, -0.2) is 0 Å². The van der Waals surface area contributed by atoms with E-state index in [1.54, 1.807) is 0 Å². The number of guanidine groups is 1. The standard InChI is InChI=1S/C19H37N5O2.HI/c1-19(2)16-23(11-13-26-19)6-5-21-18(20-3)24-9-7-22(8-10-24)14-17-4-12-25-15-17;/h17H,4-16H2,1-3H3,(H,20,21);1H. The summed E-state index contributed by atoms with van der Waals surface area (Å²) in [6.45, 7) is 16.6. The van der Waals surface area contributed by atoms with Gasteiger partial charge in [-0.15, -0.1) is 24.0 Å². The van der Waals surface area contributed by atoms with Crippen LogP contribution >= 0.6 is 24.0 Å². The number of rotatable bonds is 5. The van der Waals surface area contributed by atoms with E-state index in [0.717, 1.165) is 84.1 Å². The Morgan fingerprint density at radius 1 is 1.11 bits per heavy atom. The zero-order chi connectivity index (χ0) is 18.4. The van der Waals surface area contributed by atoms with E-state index < -0.39 is 0 Å². The van der Waals surface area contributed by atoms with Crippen LogP contribution < -0.4 is 5.32 Å². The highest BCUT2D eigenvalue weighted by Gasteiger charge is 2.27. The number of nitrogens with one attached hydrogen (secondary N) is 1. The lowest BCUT2D eigenvalue weighted by Gasteiger charge is -2.39. The van der Waals surface area contributed by atoms with E-state index in [4.69, 9.17) is 9.47 Å². The molecule has 0 bridgehead atoms. The minimum atomic E-state index is -0.0272. The summed E-state index contributed by atoms with van der Waals surface area (Å²) in [6.07, 6.45) is 1.22. The van der Waals surface area contributed by atoms with Gasteiger partial charge in [0.15, 0.2) is 5.96 Å². The van der Waals surface area contributed by atoms with Gasteiger partial charge in [0.05, 0.1) is 18.8 Å². The first-order valence-corrected chi connectivity index (χ1v) is 10.2. The smallest absolute Gasteiger partial charge is 0.193 e. The van der Waals surface area contributed by atoms with Crippen molar-refractivity contribution in [1.29, 1.82) is 0 Å². The molecule has 3 rings (SSSR count). The molecule has 7 nitrogen and oxygen atoms in total. The third kappa shape index (κ3) is 7.30. The van der Waals surface area contributed by atoms with E-state index in [9.17, 15) is 0 Å². The van der Waals surface area contributed by atoms with Gasteiger partial charge >= 0.3 is 0 Å². The Morgan fingerprint density at radius 2 is 1.89 bits per heavy atom. The number of halogens is 1. The largest absolute Gasteiger partial charge is 0.381 e. The van der Waals surface area contributed by atoms with Gasteiger partial charge in [0.25, 0.3) is 0 Å². The quantitative estimate of drug-likeness (QED) is 0.348. The van der Waals surface area contributed by atoms with Crippen molar-refractivity contribution in [3.63, 3.8) is 0 Å². The normalized spacial score (nSPS) is 27.4. The highest BCUT2D eigenvalue weighted by atomic mass is 127. The summed E-state index contributed by atoms with van der Waals surface area (Å²) >= 11 is 0. The Hall–Kier alpha value is -0.160. The van der Waals surface area contributed by atoms with Crippen molar-refractivity contribution < 1.29 is 9.47 Å². The van der Waals surface area contributed by atoms with Crippen molar-refractivity contribution in [3.8, 4) is 0 Å². The highest BCUT2D eigenvalue weighted by Crippen LogP contribution is 2.16. The summed E-state index contributed by atoms with van der Waals surface area (Å²) < 4.78 is 11.3. The van der Waals surface area contributed by atoms with Crippen molar-refractivity contribution in [2.45, 2.75) is 25.9 Å². The van der Waals surface area contributed by atoms with Gasteiger partial charge in [-0.2, -0.15) is 0 Å². The van der Waals surface area contributed by atoms with Crippen LogP contribution in [-0.4, -0.2) is 112 Å². The van der Waals surface area contributed by atoms with Crippen LogP contribution in [-0.2, 0) is 9.47 Å². The van der Waals surface area contributed by atoms with E-state index in [2.05, 4.69) is 38.9 Å². The monoisotopic (exact) mass is 495 g/mol. The van der Waals surface area contributed by atoms with Crippen molar-refractivity contribution >= 4 is 29.9 Å². The molecule has 1 atom stereocenters. The van der Waals surface area contributed by atoms with Crippen LogP contribution in [0.25, 0.3) is 0 Å². The Labute approximate surface area is 181 Å². The number of aliphatic imine (C=N–C) groups is 1. The molecule has 0 saturated carbocycles. The molecule has 0 amide bonds. The minimum absolute atomic E-state index is 0. The molecule has 3 heterocycles. The Bertz CT molecular complexity index is 463. The summed E-state index contributed by atoms with van der Waals surface area (Å²) in [5.41, 5.74) is -0.0272. The molecule has 0 radical (unpaired) electrons. The number of nitrogens with zero attached hydrogens (tertiary/aromatic N) is 4. The number of hydrogen-bond acceptors (Lipinski definition) is 5. The third-order valence-corrected chi connectivity index (χ3v) is 5.64. The van der Waals surface area contributed by atoms with Gasteiger partial charge < -0.3 is 19.7 Å². The molecule has 3 aliphatic rings. The maximum absolute atomic E-state index is 5.79. The SMILES string of the molecule is CN=C(NCCN1CCOC(C)(C)C1)N1CCN(CC2CCOC2)CC1.I. The molecule has 3 saturated heterocycles. The molecule has 3 fully saturated rings. The first kappa shape index (κ1) is 23.1. The maximum Gasteiger partial charge on any atom is 0.193 e. The summed E-state index contributed by atoms with van der Waals surface area (Å²) in [6, 6.07) is 0. The lowest BCUT2D eigenvalue weighted by molar-refractivity contribution is -0.0852. The maximum atomic E-state index is 5.79. The van der Waals surface area contributed by atoms with Crippen LogP contribution in [0, 0.1) is 5.92 Å². The van der Waals surface area contributed by atoms with Gasteiger partial charge in [-0.05, 0) is 26.2 Å². The fraction of sp³-hybridized carbons (Fsp3) is 0.947. The molecule has 0 aliphatic carbocycles. The Morgan fingerprint density at radius 3 is 2.52 bits per heavy atom. The second-order valence-corrected chi connectivity index (χ2v) is 8.38. The average molecular weight is 495 g/mol. The highest BCUT2D eigenvalue weighted by molar-refractivity contribution is 14.0. The van der Waals surface area contributed by atoms with Crippen LogP contribution in [0.2, 0.25) is 0 Å². The fourth-order valence-corrected chi connectivity index (χ4v) is 4.20. The van der Waals surface area contributed by atoms with Crippen molar-refractivity contribution in [2.24, 2.45) is 10.9 Å². The van der Waals surface area contributed by atoms with Crippen molar-refractivity contribution in [2.75, 3.05) is 85.8 Å². The van der Waals surface area contributed by atoms with Crippen LogP contribution in [0.15, 0.2) is 4.99 Å². The van der Waals surface area contributed by atoms with Crippen LogP contribution in [0.5, 0.6) is 0 Å². The molecule has 3 aliphatic heterocycles. The molecule has 158 valence electrons. The summed E-state index contributed by atoms with van der Waals surface area (Å²) in [4.78, 5) is 12.0. The van der Waals surface area contributed by atoms with Crippen molar-refractivity contribution in [3.05, 3.63) is 0 Å². The van der Waals surface area contributed by atoms with E-state index in [0.29, 0.717) is 0 Å². The van der Waals surface area contributed by atoms with Gasteiger partial charge in [0.1, 0.15) is 0 Å². The molecular formula is C19H38IN5O2. The predicted octanol–water partition coefficient (Wildman–Crippen LogP) is 0.945. The molecular weight excluding hydrogens is 457 g/mol. The zero-order valence-corrected chi connectivity index (χ0v) is 19.6. The molecule has 27 heavy (non-hydrogen) atoms. The number of morpholine rings is 1. The topological polar surface area (TPSA) is 52.6 Å². The minimum Gasteiger partial charge on any atom is -0.381 e. The molecule has 0 aromatic carbocycles. The molecule has 1 unspecified atom stereocenters. The summed E-state index contributed by atoms with van der Waals surface area (Å²) in [5.74, 6) is 1.78. The lowest BCUT2D eigenvalue weighted by Crippen LogP contribution is -2.54. The zero-order valence-electron chi connectivity index (χ0n) is 17.3. The number of ether oxygens (including phenoxy) is 2. The summed E-state index contributed by atoms with van der Waals surface area (Å²) in [7, 11) is 1.89. The molecule has 8 heteroatoms. The molecule has 0 aromatic rings. The third-order valence-electron chi connectivity index (χ3n) is 5.64. The Kier molecular flexibility index (Phi) is 9.54. The molecule has 0 spiro atoms.